The van der Waals surface area contributed by atoms with E-state index in [1.807, 2.05) is 39.1 Å². The molecule has 116 valence electrons. The van der Waals surface area contributed by atoms with E-state index in [1.54, 1.807) is 6.20 Å². The zero-order valence-corrected chi connectivity index (χ0v) is 13.1. The van der Waals surface area contributed by atoms with Crippen LogP contribution in [0.1, 0.15) is 46.5 Å². The molecule has 0 aliphatic heterocycles. The minimum atomic E-state index is -0.452. The maximum absolute atomic E-state index is 11.8. The molecule has 1 saturated carbocycles. The Labute approximate surface area is 126 Å². The highest BCUT2D eigenvalue weighted by Gasteiger charge is 2.25. The van der Waals surface area contributed by atoms with Crippen LogP contribution in [-0.4, -0.2) is 28.8 Å². The first-order chi connectivity index (χ1) is 9.92. The minimum Gasteiger partial charge on any atom is -0.444 e. The number of alkyl carbamates (subject to hydrolysis) is 1. The number of carbonyl (C=O) groups excluding carboxylic acids is 1. The quantitative estimate of drug-likeness (QED) is 0.896. The molecule has 0 spiro atoms. The zero-order chi connectivity index (χ0) is 15.3. The van der Waals surface area contributed by atoms with Crippen LogP contribution in [-0.2, 0) is 4.74 Å². The number of anilines is 1. The Balaban J connectivity index is 1.82. The van der Waals surface area contributed by atoms with Gasteiger partial charge in [-0.05, 0) is 58.6 Å². The van der Waals surface area contributed by atoms with Gasteiger partial charge in [-0.15, -0.1) is 0 Å². The van der Waals surface area contributed by atoms with Gasteiger partial charge in [0.1, 0.15) is 5.60 Å². The molecule has 0 radical (unpaired) electrons. The van der Waals surface area contributed by atoms with Gasteiger partial charge in [-0.3, -0.25) is 4.98 Å². The molecule has 1 amide bonds. The molecule has 21 heavy (non-hydrogen) atoms. The average molecular weight is 291 g/mol. The molecule has 1 aromatic rings. The van der Waals surface area contributed by atoms with E-state index in [-0.39, 0.29) is 12.1 Å². The lowest BCUT2D eigenvalue weighted by Gasteiger charge is -2.31. The molecule has 0 aromatic carbocycles. The first-order valence-electron chi connectivity index (χ1n) is 7.58. The van der Waals surface area contributed by atoms with Crippen LogP contribution < -0.4 is 10.6 Å². The summed E-state index contributed by atoms with van der Waals surface area (Å²) in [4.78, 5) is 15.9. The van der Waals surface area contributed by atoms with Crippen LogP contribution in [0.3, 0.4) is 0 Å². The molecular weight excluding hydrogens is 266 g/mol. The van der Waals surface area contributed by atoms with Crippen molar-refractivity contribution in [2.75, 3.05) is 5.32 Å². The molecule has 1 aromatic heterocycles. The molecular formula is C16H25N3O2. The molecule has 5 nitrogen and oxygen atoms in total. The van der Waals surface area contributed by atoms with E-state index in [0.717, 1.165) is 31.4 Å². The summed E-state index contributed by atoms with van der Waals surface area (Å²) >= 11 is 0. The van der Waals surface area contributed by atoms with Crippen molar-refractivity contribution in [3.8, 4) is 0 Å². The van der Waals surface area contributed by atoms with Gasteiger partial charge >= 0.3 is 6.09 Å². The van der Waals surface area contributed by atoms with Gasteiger partial charge in [0.05, 0.1) is 5.69 Å². The highest BCUT2D eigenvalue weighted by atomic mass is 16.6. The average Bonchev–Trinajstić information content (AvgIpc) is 2.38. The number of rotatable bonds is 3. The van der Waals surface area contributed by atoms with Crippen molar-refractivity contribution in [1.29, 1.82) is 0 Å². The van der Waals surface area contributed by atoms with Crippen molar-refractivity contribution in [2.45, 2.75) is 64.1 Å². The van der Waals surface area contributed by atoms with E-state index < -0.39 is 5.60 Å². The number of pyridine rings is 1. The van der Waals surface area contributed by atoms with Gasteiger partial charge in [-0.2, -0.15) is 0 Å². The lowest BCUT2D eigenvalue weighted by molar-refractivity contribution is 0.0492. The van der Waals surface area contributed by atoms with Crippen LogP contribution in [0.2, 0.25) is 0 Å². The second kappa shape index (κ2) is 6.78. The van der Waals surface area contributed by atoms with Gasteiger partial charge in [0.25, 0.3) is 0 Å². The number of nitrogens with zero attached hydrogens (tertiary/aromatic N) is 1. The lowest BCUT2D eigenvalue weighted by atomic mass is 9.91. The zero-order valence-electron chi connectivity index (χ0n) is 13.1. The van der Waals surface area contributed by atoms with Crippen LogP contribution in [0.4, 0.5) is 10.5 Å². The van der Waals surface area contributed by atoms with Gasteiger partial charge < -0.3 is 15.4 Å². The summed E-state index contributed by atoms with van der Waals surface area (Å²) < 4.78 is 5.31. The fraction of sp³-hybridized carbons (Fsp3) is 0.625. The smallest absolute Gasteiger partial charge is 0.407 e. The van der Waals surface area contributed by atoms with E-state index in [0.29, 0.717) is 6.04 Å². The van der Waals surface area contributed by atoms with Crippen LogP contribution in [0.25, 0.3) is 0 Å². The number of hydrogen-bond acceptors (Lipinski definition) is 4. The topological polar surface area (TPSA) is 63.2 Å². The standard InChI is InChI=1S/C16H25N3O2/c1-16(2,3)21-15(20)19-13-7-4-6-12(10-13)18-14-8-5-9-17-11-14/h5,8-9,11-13,18H,4,6-7,10H2,1-3H3,(H,19,20). The second-order valence-corrected chi connectivity index (χ2v) is 6.59. The van der Waals surface area contributed by atoms with E-state index >= 15 is 0 Å². The van der Waals surface area contributed by atoms with Gasteiger partial charge in [-0.25, -0.2) is 4.79 Å². The first-order valence-corrected chi connectivity index (χ1v) is 7.58. The Morgan fingerprint density at radius 3 is 2.76 bits per heavy atom. The molecule has 2 N–H and O–H groups in total. The Hall–Kier alpha value is -1.78. The number of amides is 1. The fourth-order valence-corrected chi connectivity index (χ4v) is 2.61. The molecule has 2 atom stereocenters. The van der Waals surface area contributed by atoms with Crippen molar-refractivity contribution in [1.82, 2.24) is 10.3 Å². The van der Waals surface area contributed by atoms with Crippen LogP contribution >= 0.6 is 0 Å². The molecule has 1 aliphatic carbocycles. The van der Waals surface area contributed by atoms with E-state index in [1.165, 1.54) is 0 Å². The van der Waals surface area contributed by atoms with Crippen LogP contribution in [0.5, 0.6) is 0 Å². The van der Waals surface area contributed by atoms with Crippen molar-refractivity contribution in [3.63, 3.8) is 0 Å². The summed E-state index contributed by atoms with van der Waals surface area (Å²) in [6.45, 7) is 5.63. The molecule has 0 bridgehead atoms. The van der Waals surface area contributed by atoms with Gasteiger partial charge in [-0.1, -0.05) is 0 Å². The highest BCUT2D eigenvalue weighted by Crippen LogP contribution is 2.22. The Kier molecular flexibility index (Phi) is 5.04. The summed E-state index contributed by atoms with van der Waals surface area (Å²) in [5.41, 5.74) is 0.576. The van der Waals surface area contributed by atoms with Gasteiger partial charge in [0.15, 0.2) is 0 Å². The Morgan fingerprint density at radius 1 is 1.33 bits per heavy atom. The predicted octanol–water partition coefficient (Wildman–Crippen LogP) is 3.33. The third kappa shape index (κ3) is 5.61. The van der Waals surface area contributed by atoms with Crippen molar-refractivity contribution < 1.29 is 9.53 Å². The molecule has 1 aliphatic rings. The van der Waals surface area contributed by atoms with E-state index in [9.17, 15) is 4.79 Å². The fourth-order valence-electron chi connectivity index (χ4n) is 2.61. The third-order valence-corrected chi connectivity index (χ3v) is 3.43. The van der Waals surface area contributed by atoms with Crippen molar-refractivity contribution in [2.24, 2.45) is 0 Å². The Bertz CT molecular complexity index is 456. The predicted molar refractivity (Wildman–Crippen MR) is 83.3 cm³/mol. The van der Waals surface area contributed by atoms with Crippen LogP contribution in [0.15, 0.2) is 24.5 Å². The third-order valence-electron chi connectivity index (χ3n) is 3.43. The maximum Gasteiger partial charge on any atom is 0.407 e. The molecule has 1 heterocycles. The summed E-state index contributed by atoms with van der Waals surface area (Å²) in [5, 5.41) is 6.45. The summed E-state index contributed by atoms with van der Waals surface area (Å²) in [7, 11) is 0. The van der Waals surface area contributed by atoms with E-state index in [2.05, 4.69) is 15.6 Å². The molecule has 2 unspecified atom stereocenters. The summed E-state index contributed by atoms with van der Waals surface area (Å²) in [6, 6.07) is 4.46. The normalized spacial score (nSPS) is 22.4. The summed E-state index contributed by atoms with van der Waals surface area (Å²) in [6.07, 6.45) is 7.39. The number of hydrogen-bond donors (Lipinski definition) is 2. The molecule has 5 heteroatoms. The number of aromatic nitrogens is 1. The largest absolute Gasteiger partial charge is 0.444 e. The van der Waals surface area contributed by atoms with Gasteiger partial charge in [0.2, 0.25) is 0 Å². The molecule has 2 rings (SSSR count). The molecule has 1 fully saturated rings. The van der Waals surface area contributed by atoms with Crippen LogP contribution in [0, 0.1) is 0 Å². The molecule has 0 saturated heterocycles. The maximum atomic E-state index is 11.8. The first kappa shape index (κ1) is 15.6. The minimum absolute atomic E-state index is 0.169. The number of ether oxygens (including phenoxy) is 1. The van der Waals surface area contributed by atoms with Crippen molar-refractivity contribution >= 4 is 11.8 Å². The SMILES string of the molecule is CC(C)(C)OC(=O)NC1CCCC(Nc2cccnc2)C1. The monoisotopic (exact) mass is 291 g/mol. The summed E-state index contributed by atoms with van der Waals surface area (Å²) in [5.74, 6) is 0. The van der Waals surface area contributed by atoms with E-state index in [4.69, 9.17) is 4.74 Å². The lowest BCUT2D eigenvalue weighted by Crippen LogP contribution is -2.43. The second-order valence-electron chi connectivity index (χ2n) is 6.59. The number of nitrogens with one attached hydrogen (secondary N) is 2. The number of carbonyl (C=O) groups is 1. The Morgan fingerprint density at radius 2 is 2.10 bits per heavy atom. The highest BCUT2D eigenvalue weighted by molar-refractivity contribution is 5.68. The van der Waals surface area contributed by atoms with Gasteiger partial charge in [0, 0.05) is 24.5 Å². The van der Waals surface area contributed by atoms with Crippen molar-refractivity contribution in [3.05, 3.63) is 24.5 Å².